The molecule has 0 aliphatic rings. The van der Waals surface area contributed by atoms with Crippen LogP contribution >= 0.6 is 0 Å². The third-order valence-corrected chi connectivity index (χ3v) is 3.73. The molecule has 0 bridgehead atoms. The fourth-order valence-corrected chi connectivity index (χ4v) is 2.43. The van der Waals surface area contributed by atoms with E-state index in [1.54, 1.807) is 6.20 Å². The largest absolute Gasteiger partial charge is 0.487 e. The van der Waals surface area contributed by atoms with E-state index in [-0.39, 0.29) is 0 Å². The first kappa shape index (κ1) is 15.5. The Kier molecular flexibility index (Phi) is 4.89. The highest BCUT2D eigenvalue weighted by Crippen LogP contribution is 2.23. The molecular formula is C16H22N6O. The number of ether oxygens (including phenoxy) is 1. The molecular weight excluding hydrogens is 292 g/mol. The van der Waals surface area contributed by atoms with Crippen molar-refractivity contribution in [1.29, 1.82) is 0 Å². The summed E-state index contributed by atoms with van der Waals surface area (Å²) < 4.78 is 5.82. The minimum absolute atomic E-state index is 0.473. The number of hydrogen-bond acceptors (Lipinski definition) is 5. The average Bonchev–Trinajstić information content (AvgIpc) is 3.21. The topological polar surface area (TPSA) is 81.9 Å². The molecule has 0 radical (unpaired) electrons. The van der Waals surface area contributed by atoms with Gasteiger partial charge in [0.1, 0.15) is 12.4 Å². The lowest BCUT2D eigenvalue weighted by molar-refractivity contribution is 0.301. The Hall–Kier alpha value is -2.38. The fourth-order valence-electron chi connectivity index (χ4n) is 2.43. The van der Waals surface area contributed by atoms with Crippen molar-refractivity contribution in [3.63, 3.8) is 0 Å². The molecule has 0 amide bonds. The van der Waals surface area contributed by atoms with E-state index in [9.17, 15) is 0 Å². The van der Waals surface area contributed by atoms with Gasteiger partial charge in [0.15, 0.2) is 0 Å². The Balaban J connectivity index is 1.71. The maximum atomic E-state index is 5.82. The van der Waals surface area contributed by atoms with E-state index in [2.05, 4.69) is 37.7 Å². The number of nitrogens with zero attached hydrogens (tertiary/aromatic N) is 3. The van der Waals surface area contributed by atoms with Gasteiger partial charge in [-0.1, -0.05) is 0 Å². The zero-order valence-corrected chi connectivity index (χ0v) is 13.5. The van der Waals surface area contributed by atoms with Gasteiger partial charge in [-0.15, -0.1) is 0 Å². The monoisotopic (exact) mass is 314 g/mol. The molecule has 0 spiro atoms. The highest BCUT2D eigenvalue weighted by molar-refractivity contribution is 5.82. The first-order valence-electron chi connectivity index (χ1n) is 7.67. The smallest absolute Gasteiger partial charge is 0.130 e. The summed E-state index contributed by atoms with van der Waals surface area (Å²) in [5.74, 6) is 0.827. The third kappa shape index (κ3) is 3.88. The van der Waals surface area contributed by atoms with Crippen molar-refractivity contribution in [2.24, 2.45) is 0 Å². The maximum Gasteiger partial charge on any atom is 0.130 e. The van der Waals surface area contributed by atoms with E-state index in [4.69, 9.17) is 4.74 Å². The highest BCUT2D eigenvalue weighted by atomic mass is 16.5. The Bertz CT molecular complexity index is 736. The number of fused-ring (bicyclic) bond motifs is 1. The lowest BCUT2D eigenvalue weighted by Crippen LogP contribution is -2.27. The molecule has 23 heavy (non-hydrogen) atoms. The number of likely N-dealkylation sites (N-methyl/N-ethyl adjacent to an activating group) is 2. The second-order valence-electron chi connectivity index (χ2n) is 5.59. The molecule has 0 fully saturated rings. The van der Waals surface area contributed by atoms with Crippen molar-refractivity contribution >= 4 is 10.9 Å². The van der Waals surface area contributed by atoms with Crippen LogP contribution in [0, 0.1) is 0 Å². The van der Waals surface area contributed by atoms with Crippen LogP contribution in [-0.4, -0.2) is 52.5 Å². The summed E-state index contributed by atoms with van der Waals surface area (Å²) in [5, 5.41) is 18.6. The van der Waals surface area contributed by atoms with E-state index in [0.717, 1.165) is 47.7 Å². The molecule has 0 saturated heterocycles. The molecule has 0 unspecified atom stereocenters. The zero-order valence-electron chi connectivity index (χ0n) is 13.5. The van der Waals surface area contributed by atoms with Crippen LogP contribution in [0.3, 0.4) is 0 Å². The van der Waals surface area contributed by atoms with E-state index in [1.807, 2.05) is 31.3 Å². The van der Waals surface area contributed by atoms with Gasteiger partial charge in [-0.2, -0.15) is 10.2 Å². The second kappa shape index (κ2) is 7.26. The predicted octanol–water partition coefficient (Wildman–Crippen LogP) is 1.52. The van der Waals surface area contributed by atoms with Gasteiger partial charge >= 0.3 is 0 Å². The van der Waals surface area contributed by atoms with Crippen LogP contribution in [0.25, 0.3) is 10.9 Å². The minimum Gasteiger partial charge on any atom is -0.487 e. The number of H-pyrrole nitrogens is 2. The summed E-state index contributed by atoms with van der Waals surface area (Å²) in [4.78, 5) is 2.25. The van der Waals surface area contributed by atoms with Crippen molar-refractivity contribution in [2.75, 3.05) is 27.2 Å². The van der Waals surface area contributed by atoms with Gasteiger partial charge < -0.3 is 10.1 Å². The van der Waals surface area contributed by atoms with Crippen LogP contribution in [0.1, 0.15) is 11.4 Å². The Morgan fingerprint density at radius 1 is 1.26 bits per heavy atom. The molecule has 122 valence electrons. The summed E-state index contributed by atoms with van der Waals surface area (Å²) in [6.07, 6.45) is 1.72. The first-order valence-corrected chi connectivity index (χ1v) is 7.67. The third-order valence-electron chi connectivity index (χ3n) is 3.73. The molecule has 2 heterocycles. The maximum absolute atomic E-state index is 5.82. The number of aromatic nitrogens is 4. The summed E-state index contributed by atoms with van der Waals surface area (Å²) in [5.41, 5.74) is 3.01. The quantitative estimate of drug-likeness (QED) is 0.587. The minimum atomic E-state index is 0.473. The van der Waals surface area contributed by atoms with Gasteiger partial charge in [0, 0.05) is 31.2 Å². The average molecular weight is 314 g/mol. The van der Waals surface area contributed by atoms with Crippen molar-refractivity contribution in [3.8, 4) is 5.75 Å². The van der Waals surface area contributed by atoms with Crippen molar-refractivity contribution in [2.45, 2.75) is 13.2 Å². The number of aromatic amines is 2. The summed E-state index contributed by atoms with van der Waals surface area (Å²) >= 11 is 0. The number of nitrogens with one attached hydrogen (secondary N) is 3. The SMILES string of the molecule is CNCCN(C)Cc1[nH]nc2ccc(OCc3ccn[nH]3)cc12. The highest BCUT2D eigenvalue weighted by Gasteiger charge is 2.09. The first-order chi connectivity index (χ1) is 11.3. The van der Waals surface area contributed by atoms with Gasteiger partial charge in [-0.05, 0) is 38.4 Å². The molecule has 0 aliphatic heterocycles. The van der Waals surface area contributed by atoms with Crippen molar-refractivity contribution < 1.29 is 4.74 Å². The summed E-state index contributed by atoms with van der Waals surface area (Å²) in [6, 6.07) is 7.86. The summed E-state index contributed by atoms with van der Waals surface area (Å²) in [7, 11) is 4.06. The molecule has 3 rings (SSSR count). The molecule has 7 nitrogen and oxygen atoms in total. The lowest BCUT2D eigenvalue weighted by Gasteiger charge is -2.15. The van der Waals surface area contributed by atoms with Crippen molar-refractivity contribution in [1.82, 2.24) is 30.6 Å². The fraction of sp³-hybridized carbons (Fsp3) is 0.375. The molecule has 0 aliphatic carbocycles. The normalized spacial score (nSPS) is 11.4. The predicted molar refractivity (Wildman–Crippen MR) is 89.3 cm³/mol. The van der Waals surface area contributed by atoms with Gasteiger partial charge in [-0.25, -0.2) is 0 Å². The molecule has 3 aromatic rings. The molecule has 3 N–H and O–H groups in total. The Labute approximate surface area is 135 Å². The van der Waals surface area contributed by atoms with E-state index in [0.29, 0.717) is 6.61 Å². The van der Waals surface area contributed by atoms with E-state index >= 15 is 0 Å². The molecule has 0 saturated carbocycles. The Morgan fingerprint density at radius 3 is 2.96 bits per heavy atom. The van der Waals surface area contributed by atoms with Crippen LogP contribution in [0.2, 0.25) is 0 Å². The number of benzene rings is 1. The van der Waals surface area contributed by atoms with E-state index in [1.165, 1.54) is 0 Å². The van der Waals surface area contributed by atoms with Crippen LogP contribution in [0.5, 0.6) is 5.75 Å². The lowest BCUT2D eigenvalue weighted by atomic mass is 10.2. The van der Waals surface area contributed by atoms with Crippen LogP contribution in [-0.2, 0) is 13.2 Å². The van der Waals surface area contributed by atoms with E-state index < -0.39 is 0 Å². The summed E-state index contributed by atoms with van der Waals surface area (Å²) in [6.45, 7) is 3.23. The van der Waals surface area contributed by atoms with Gasteiger partial charge in [-0.3, -0.25) is 15.1 Å². The Morgan fingerprint density at radius 2 is 2.17 bits per heavy atom. The van der Waals surface area contributed by atoms with Crippen molar-refractivity contribution in [3.05, 3.63) is 41.9 Å². The molecule has 7 heteroatoms. The zero-order chi connectivity index (χ0) is 16.1. The van der Waals surface area contributed by atoms with Gasteiger partial charge in [0.2, 0.25) is 0 Å². The number of hydrogen-bond donors (Lipinski definition) is 3. The van der Waals surface area contributed by atoms with Crippen LogP contribution in [0.4, 0.5) is 0 Å². The van der Waals surface area contributed by atoms with Gasteiger partial charge in [0.05, 0.1) is 16.9 Å². The van der Waals surface area contributed by atoms with Crippen LogP contribution in [0.15, 0.2) is 30.5 Å². The standard InChI is InChI=1S/C16H22N6O/c1-17-7-8-22(2)10-16-14-9-13(3-4-15(14)20-21-16)23-11-12-5-6-18-19-12/h3-6,9,17H,7-8,10-11H2,1-2H3,(H,18,19)(H,20,21). The molecule has 0 atom stereocenters. The number of rotatable bonds is 8. The second-order valence-corrected chi connectivity index (χ2v) is 5.59. The van der Waals surface area contributed by atoms with Gasteiger partial charge in [0.25, 0.3) is 0 Å². The van der Waals surface area contributed by atoms with Crippen LogP contribution < -0.4 is 10.1 Å². The molecule has 1 aromatic carbocycles. The molecule has 2 aromatic heterocycles.